The van der Waals surface area contributed by atoms with E-state index in [-0.39, 0.29) is 0 Å². The topological polar surface area (TPSA) is 12.0 Å². The molecule has 0 aromatic rings. The number of hydrogen-bond acceptors (Lipinski definition) is 1. The van der Waals surface area contributed by atoms with Gasteiger partial charge in [-0.1, -0.05) is 24.3 Å². The van der Waals surface area contributed by atoms with Gasteiger partial charge in [-0.15, -0.1) is 0 Å². The smallest absolute Gasteiger partial charge is 0.00434 e. The molecule has 2 aliphatic rings. The van der Waals surface area contributed by atoms with Crippen molar-refractivity contribution >= 4 is 0 Å². The van der Waals surface area contributed by atoms with Crippen LogP contribution in [0.1, 0.15) is 25.7 Å². The van der Waals surface area contributed by atoms with Crippen LogP contribution in [-0.4, -0.2) is 13.1 Å². The maximum Gasteiger partial charge on any atom is -0.00434 e. The van der Waals surface area contributed by atoms with Crippen molar-refractivity contribution in [2.45, 2.75) is 25.7 Å². The van der Waals surface area contributed by atoms with Crippen molar-refractivity contribution in [3.05, 3.63) is 24.3 Å². The van der Waals surface area contributed by atoms with Gasteiger partial charge in [-0.05, 0) is 44.2 Å². The van der Waals surface area contributed by atoms with E-state index in [2.05, 4.69) is 24.0 Å². The predicted octanol–water partition coefficient (Wildman–Crippen LogP) is 2.26. The maximum atomic E-state index is 4.06. The highest BCUT2D eigenvalue weighted by molar-refractivity contribution is 5.22. The fraction of sp³-hybridized carbons (Fsp3) is 0.636. The van der Waals surface area contributed by atoms with Gasteiger partial charge in [0.05, 0.1) is 0 Å². The SMILES string of the molecule is C=C1C=CCC2(CCNCC2)C1. The second-order valence-corrected chi connectivity index (χ2v) is 4.19. The van der Waals surface area contributed by atoms with Crippen LogP contribution in [0.2, 0.25) is 0 Å². The molecule has 2 rings (SSSR count). The van der Waals surface area contributed by atoms with Crippen LogP contribution in [0, 0.1) is 5.41 Å². The van der Waals surface area contributed by atoms with Gasteiger partial charge in [-0.25, -0.2) is 0 Å². The normalized spacial score (nSPS) is 27.8. The van der Waals surface area contributed by atoms with E-state index in [1.165, 1.54) is 44.3 Å². The van der Waals surface area contributed by atoms with Gasteiger partial charge in [0.2, 0.25) is 0 Å². The molecular weight excluding hydrogens is 146 g/mol. The van der Waals surface area contributed by atoms with Gasteiger partial charge in [0.1, 0.15) is 0 Å². The van der Waals surface area contributed by atoms with E-state index >= 15 is 0 Å². The van der Waals surface area contributed by atoms with Crippen molar-refractivity contribution < 1.29 is 0 Å². The standard InChI is InChI=1S/C11H17N/c1-10-3-2-4-11(9-10)5-7-12-8-6-11/h2-3,12H,1,4-9H2. The Balaban J connectivity index is 2.09. The molecule has 1 heteroatoms. The molecule has 66 valence electrons. The van der Waals surface area contributed by atoms with Gasteiger partial charge >= 0.3 is 0 Å². The summed E-state index contributed by atoms with van der Waals surface area (Å²) in [5, 5.41) is 3.42. The molecule has 1 nitrogen and oxygen atoms in total. The van der Waals surface area contributed by atoms with E-state index in [0.717, 1.165) is 0 Å². The first-order valence-electron chi connectivity index (χ1n) is 4.86. The van der Waals surface area contributed by atoms with Crippen molar-refractivity contribution in [2.24, 2.45) is 5.41 Å². The van der Waals surface area contributed by atoms with E-state index in [1.807, 2.05) is 0 Å². The molecular formula is C11H17N. The van der Waals surface area contributed by atoms with Crippen LogP contribution in [-0.2, 0) is 0 Å². The Kier molecular flexibility index (Phi) is 2.05. The van der Waals surface area contributed by atoms with E-state index in [1.54, 1.807) is 0 Å². The Morgan fingerprint density at radius 3 is 2.75 bits per heavy atom. The maximum absolute atomic E-state index is 4.06. The van der Waals surface area contributed by atoms with Gasteiger partial charge in [0.15, 0.2) is 0 Å². The quantitative estimate of drug-likeness (QED) is 0.577. The lowest BCUT2D eigenvalue weighted by Crippen LogP contribution is -2.37. The molecule has 0 aromatic heterocycles. The predicted molar refractivity (Wildman–Crippen MR) is 52.1 cm³/mol. The minimum absolute atomic E-state index is 0.580. The van der Waals surface area contributed by atoms with Crippen molar-refractivity contribution in [3.8, 4) is 0 Å². The fourth-order valence-corrected chi connectivity index (χ4v) is 2.43. The summed E-state index contributed by atoms with van der Waals surface area (Å²) < 4.78 is 0. The Hall–Kier alpha value is -0.560. The molecule has 0 bridgehead atoms. The van der Waals surface area contributed by atoms with Crippen LogP contribution in [0.3, 0.4) is 0 Å². The highest BCUT2D eigenvalue weighted by Gasteiger charge is 2.32. The molecule has 1 aliphatic heterocycles. The lowest BCUT2D eigenvalue weighted by Gasteiger charge is -2.39. The minimum Gasteiger partial charge on any atom is -0.317 e. The molecule has 0 atom stereocenters. The first-order chi connectivity index (χ1) is 5.81. The summed E-state index contributed by atoms with van der Waals surface area (Å²) >= 11 is 0. The molecule has 0 amide bonds. The highest BCUT2D eigenvalue weighted by Crippen LogP contribution is 2.41. The molecule has 12 heavy (non-hydrogen) atoms. The summed E-state index contributed by atoms with van der Waals surface area (Å²) in [6.07, 6.45) is 9.65. The van der Waals surface area contributed by atoms with Crippen LogP contribution in [0.25, 0.3) is 0 Å². The number of piperidine rings is 1. The molecule has 1 heterocycles. The number of nitrogens with one attached hydrogen (secondary N) is 1. The second kappa shape index (κ2) is 3.06. The summed E-state index contributed by atoms with van der Waals surface area (Å²) in [5.41, 5.74) is 1.90. The summed E-state index contributed by atoms with van der Waals surface area (Å²) in [7, 11) is 0. The molecule has 0 radical (unpaired) electrons. The van der Waals surface area contributed by atoms with Gasteiger partial charge < -0.3 is 5.32 Å². The Morgan fingerprint density at radius 2 is 2.08 bits per heavy atom. The van der Waals surface area contributed by atoms with Gasteiger partial charge in [0.25, 0.3) is 0 Å². The summed E-state index contributed by atoms with van der Waals surface area (Å²) in [6, 6.07) is 0. The second-order valence-electron chi connectivity index (χ2n) is 4.19. The number of rotatable bonds is 0. The zero-order chi connectivity index (χ0) is 8.44. The average molecular weight is 163 g/mol. The number of allylic oxidation sites excluding steroid dienone is 3. The van der Waals surface area contributed by atoms with E-state index in [9.17, 15) is 0 Å². The van der Waals surface area contributed by atoms with E-state index in [4.69, 9.17) is 0 Å². The minimum atomic E-state index is 0.580. The Labute approximate surface area is 74.5 Å². The van der Waals surface area contributed by atoms with Crippen molar-refractivity contribution in [3.63, 3.8) is 0 Å². The van der Waals surface area contributed by atoms with Crippen LogP contribution in [0.15, 0.2) is 24.3 Å². The monoisotopic (exact) mass is 163 g/mol. The molecule has 1 fully saturated rings. The third-order valence-electron chi connectivity index (χ3n) is 3.17. The summed E-state index contributed by atoms with van der Waals surface area (Å²) in [5.74, 6) is 0. The van der Waals surface area contributed by atoms with E-state index in [0.29, 0.717) is 5.41 Å². The number of hydrogen-bond donors (Lipinski definition) is 1. The van der Waals surface area contributed by atoms with Gasteiger partial charge in [-0.3, -0.25) is 0 Å². The van der Waals surface area contributed by atoms with Crippen LogP contribution in [0.4, 0.5) is 0 Å². The molecule has 1 N–H and O–H groups in total. The van der Waals surface area contributed by atoms with Crippen molar-refractivity contribution in [1.82, 2.24) is 5.32 Å². The summed E-state index contributed by atoms with van der Waals surface area (Å²) in [6.45, 7) is 6.45. The third-order valence-corrected chi connectivity index (χ3v) is 3.17. The Bertz CT molecular complexity index is 209. The lowest BCUT2D eigenvalue weighted by molar-refractivity contribution is 0.200. The van der Waals surface area contributed by atoms with Crippen LogP contribution >= 0.6 is 0 Å². The average Bonchev–Trinajstić information content (AvgIpc) is 2.05. The fourth-order valence-electron chi connectivity index (χ4n) is 2.43. The van der Waals surface area contributed by atoms with Crippen LogP contribution < -0.4 is 5.32 Å². The highest BCUT2D eigenvalue weighted by atomic mass is 14.9. The molecule has 0 unspecified atom stereocenters. The van der Waals surface area contributed by atoms with Crippen LogP contribution in [0.5, 0.6) is 0 Å². The summed E-state index contributed by atoms with van der Waals surface area (Å²) in [4.78, 5) is 0. The zero-order valence-electron chi connectivity index (χ0n) is 7.60. The zero-order valence-corrected chi connectivity index (χ0v) is 7.60. The largest absolute Gasteiger partial charge is 0.317 e. The first kappa shape index (κ1) is 8.06. The Morgan fingerprint density at radius 1 is 1.33 bits per heavy atom. The third kappa shape index (κ3) is 1.46. The van der Waals surface area contributed by atoms with Gasteiger partial charge in [-0.2, -0.15) is 0 Å². The molecule has 0 saturated carbocycles. The molecule has 0 aromatic carbocycles. The molecule has 1 saturated heterocycles. The molecule has 1 spiro atoms. The molecule has 1 aliphatic carbocycles. The van der Waals surface area contributed by atoms with E-state index < -0.39 is 0 Å². The van der Waals surface area contributed by atoms with Crippen molar-refractivity contribution in [1.29, 1.82) is 0 Å². The lowest BCUT2D eigenvalue weighted by atomic mass is 9.69. The first-order valence-corrected chi connectivity index (χ1v) is 4.86. The van der Waals surface area contributed by atoms with Gasteiger partial charge in [0, 0.05) is 0 Å². The van der Waals surface area contributed by atoms with Crippen molar-refractivity contribution in [2.75, 3.05) is 13.1 Å².